The fraction of sp³-hybridized carbons (Fsp3) is 0.375. The molecule has 178 valence electrons. The highest BCUT2D eigenvalue weighted by Gasteiger charge is 2.33. The highest BCUT2D eigenvalue weighted by atomic mass is 35.5. The molecule has 0 aromatic heterocycles. The summed E-state index contributed by atoms with van der Waals surface area (Å²) in [6.07, 6.45) is -1.86. The zero-order valence-electron chi connectivity index (χ0n) is 18.3. The second-order valence-corrected chi connectivity index (χ2v) is 10.5. The highest BCUT2D eigenvalue weighted by molar-refractivity contribution is 8.01. The van der Waals surface area contributed by atoms with E-state index in [2.05, 4.69) is 19.2 Å². The number of nitrogens with two attached hydrogens (primary N) is 1. The van der Waals surface area contributed by atoms with Crippen molar-refractivity contribution in [2.75, 3.05) is 17.7 Å². The number of carbonyl (C=O) groups is 1. The minimum absolute atomic E-state index is 0.00885. The quantitative estimate of drug-likeness (QED) is 0.503. The molecule has 1 amide bonds. The van der Waals surface area contributed by atoms with Crippen LogP contribution in [0, 0.1) is 0 Å². The molecule has 0 radical (unpaired) electrons. The van der Waals surface area contributed by atoms with Gasteiger partial charge in [0.15, 0.2) is 0 Å². The summed E-state index contributed by atoms with van der Waals surface area (Å²) < 4.78 is 44.2. The molecule has 33 heavy (non-hydrogen) atoms. The van der Waals surface area contributed by atoms with Crippen molar-refractivity contribution >= 4 is 41.0 Å². The summed E-state index contributed by atoms with van der Waals surface area (Å²) in [6, 6.07) is 10.2. The molecule has 4 rings (SSSR count). The van der Waals surface area contributed by atoms with E-state index in [9.17, 15) is 18.0 Å². The maximum absolute atomic E-state index is 12.8. The Hall–Kier alpha value is -2.16. The molecule has 2 aromatic carbocycles. The lowest BCUT2D eigenvalue weighted by Crippen LogP contribution is -2.21. The van der Waals surface area contributed by atoms with Crippen LogP contribution < -0.4 is 15.8 Å². The van der Waals surface area contributed by atoms with E-state index in [4.69, 9.17) is 22.1 Å². The summed E-state index contributed by atoms with van der Waals surface area (Å²) in [5.74, 6) is 1.13. The summed E-state index contributed by atoms with van der Waals surface area (Å²) in [5.41, 5.74) is 6.69. The number of anilines is 1. The Morgan fingerprint density at radius 3 is 2.45 bits per heavy atom. The molecule has 3 N–H and O–H groups in total. The standard InChI is InChI=1S/C18H15F3N2O2.C6H11ClS/c19-18(20,21)14-3-6-16-12(8-14)7-13(10-25-16)17(24)23-15-4-1-11(9-22)2-5-15;1-6(2)5(7)3-4-8-6/h1-8H,9-10,22H2,(H,23,24);5H,3-4H2,1-2H3. The van der Waals surface area contributed by atoms with Gasteiger partial charge in [-0.2, -0.15) is 24.9 Å². The average Bonchev–Trinajstić information content (AvgIpc) is 3.09. The molecular formula is C24H26ClF3N2O2S. The van der Waals surface area contributed by atoms with Crippen LogP contribution in [-0.4, -0.2) is 28.4 Å². The summed E-state index contributed by atoms with van der Waals surface area (Å²) in [7, 11) is 0. The van der Waals surface area contributed by atoms with Crippen LogP contribution >= 0.6 is 23.4 Å². The Kier molecular flexibility index (Phi) is 8.03. The lowest BCUT2D eigenvalue weighted by molar-refractivity contribution is -0.137. The Labute approximate surface area is 200 Å². The van der Waals surface area contributed by atoms with Crippen LogP contribution in [0.1, 0.15) is 37.0 Å². The minimum atomic E-state index is -4.45. The Morgan fingerprint density at radius 2 is 1.94 bits per heavy atom. The van der Waals surface area contributed by atoms with Crippen molar-refractivity contribution in [3.63, 3.8) is 0 Å². The van der Waals surface area contributed by atoms with Gasteiger partial charge in [-0.1, -0.05) is 12.1 Å². The van der Waals surface area contributed by atoms with E-state index < -0.39 is 17.6 Å². The number of carbonyl (C=O) groups excluding carboxylic acids is 1. The molecule has 9 heteroatoms. The molecule has 2 aliphatic rings. The van der Waals surface area contributed by atoms with Crippen molar-refractivity contribution in [1.82, 2.24) is 0 Å². The number of alkyl halides is 4. The monoisotopic (exact) mass is 498 g/mol. The minimum Gasteiger partial charge on any atom is -0.488 e. The molecule has 2 aromatic rings. The molecule has 1 unspecified atom stereocenters. The van der Waals surface area contributed by atoms with Gasteiger partial charge in [-0.3, -0.25) is 4.79 Å². The Morgan fingerprint density at radius 1 is 1.24 bits per heavy atom. The average molecular weight is 499 g/mol. The van der Waals surface area contributed by atoms with Gasteiger partial charge >= 0.3 is 6.18 Å². The SMILES string of the molecule is CC1(C)SCCC1Cl.NCc1ccc(NC(=O)C2=Cc3cc(C(F)(F)F)ccc3OC2)cc1. The predicted octanol–water partition coefficient (Wildman–Crippen LogP) is 6.09. The number of rotatable bonds is 3. The molecule has 2 aliphatic heterocycles. The Balaban J connectivity index is 0.000000323. The third-order valence-electron chi connectivity index (χ3n) is 5.39. The van der Waals surface area contributed by atoms with Crippen molar-refractivity contribution in [3.05, 3.63) is 64.7 Å². The van der Waals surface area contributed by atoms with Crippen LogP contribution in [0.25, 0.3) is 6.08 Å². The molecular weight excluding hydrogens is 473 g/mol. The molecule has 0 saturated carbocycles. The topological polar surface area (TPSA) is 64.3 Å². The fourth-order valence-electron chi connectivity index (χ4n) is 3.28. The number of benzene rings is 2. The van der Waals surface area contributed by atoms with Crippen LogP contribution in [0.15, 0.2) is 48.0 Å². The Bertz CT molecular complexity index is 1020. The number of fused-ring (bicyclic) bond motifs is 1. The zero-order valence-corrected chi connectivity index (χ0v) is 19.9. The van der Waals surface area contributed by atoms with Gasteiger partial charge < -0.3 is 15.8 Å². The number of hydrogen-bond donors (Lipinski definition) is 2. The second-order valence-electron chi connectivity index (χ2n) is 8.27. The van der Waals surface area contributed by atoms with Crippen molar-refractivity contribution in [2.45, 2.75) is 43.1 Å². The lowest BCUT2D eigenvalue weighted by Gasteiger charge is -2.19. The van der Waals surface area contributed by atoms with Crippen molar-refractivity contribution < 1.29 is 22.7 Å². The van der Waals surface area contributed by atoms with E-state index >= 15 is 0 Å². The first kappa shape index (κ1) is 25.5. The second kappa shape index (κ2) is 10.4. The van der Waals surface area contributed by atoms with Gasteiger partial charge in [-0.25, -0.2) is 0 Å². The van der Waals surface area contributed by atoms with E-state index in [1.807, 2.05) is 11.8 Å². The molecule has 0 bridgehead atoms. The maximum atomic E-state index is 12.8. The smallest absolute Gasteiger partial charge is 0.416 e. The predicted molar refractivity (Wildman–Crippen MR) is 129 cm³/mol. The van der Waals surface area contributed by atoms with Gasteiger partial charge in [0, 0.05) is 27.9 Å². The highest BCUT2D eigenvalue weighted by Crippen LogP contribution is 2.40. The van der Waals surface area contributed by atoms with E-state index in [1.54, 1.807) is 24.3 Å². The third-order valence-corrected chi connectivity index (χ3v) is 7.75. The maximum Gasteiger partial charge on any atom is 0.416 e. The number of thioether (sulfide) groups is 1. The van der Waals surface area contributed by atoms with Gasteiger partial charge in [0.05, 0.1) is 11.1 Å². The third kappa shape index (κ3) is 6.68. The largest absolute Gasteiger partial charge is 0.488 e. The van der Waals surface area contributed by atoms with Crippen LogP contribution in [0.5, 0.6) is 5.75 Å². The van der Waals surface area contributed by atoms with Gasteiger partial charge in [0.1, 0.15) is 12.4 Å². The molecule has 1 atom stereocenters. The first-order valence-electron chi connectivity index (χ1n) is 10.4. The number of hydrogen-bond acceptors (Lipinski definition) is 4. The molecule has 0 aliphatic carbocycles. The van der Waals surface area contributed by atoms with Crippen LogP contribution in [0.4, 0.5) is 18.9 Å². The molecule has 2 heterocycles. The van der Waals surface area contributed by atoms with Gasteiger partial charge in [-0.15, -0.1) is 11.6 Å². The summed E-state index contributed by atoms with van der Waals surface area (Å²) >= 11 is 7.96. The van der Waals surface area contributed by atoms with Crippen LogP contribution in [0.2, 0.25) is 0 Å². The zero-order chi connectivity index (χ0) is 24.2. The number of nitrogens with one attached hydrogen (secondary N) is 1. The molecule has 0 spiro atoms. The number of ether oxygens (including phenoxy) is 1. The normalized spacial score (nSPS) is 18.9. The van der Waals surface area contributed by atoms with E-state index in [0.29, 0.717) is 28.1 Å². The van der Waals surface area contributed by atoms with Gasteiger partial charge in [0.25, 0.3) is 5.91 Å². The van der Waals surface area contributed by atoms with Crippen molar-refractivity contribution in [3.8, 4) is 5.75 Å². The fourth-order valence-corrected chi connectivity index (χ4v) is 4.89. The molecule has 1 fully saturated rings. The summed E-state index contributed by atoms with van der Waals surface area (Å²) in [4.78, 5) is 12.3. The first-order valence-corrected chi connectivity index (χ1v) is 11.8. The van der Waals surface area contributed by atoms with Crippen LogP contribution in [0.3, 0.4) is 0 Å². The number of amides is 1. The summed E-state index contributed by atoms with van der Waals surface area (Å²) in [6.45, 7) is 4.81. The molecule has 4 nitrogen and oxygen atoms in total. The number of halogens is 4. The van der Waals surface area contributed by atoms with Crippen molar-refractivity contribution in [1.29, 1.82) is 0 Å². The lowest BCUT2D eigenvalue weighted by atomic mass is 10.0. The van der Waals surface area contributed by atoms with Gasteiger partial charge in [0.2, 0.25) is 0 Å². The molecule has 1 saturated heterocycles. The summed E-state index contributed by atoms with van der Waals surface area (Å²) in [5, 5.41) is 3.08. The first-order chi connectivity index (χ1) is 15.5. The van der Waals surface area contributed by atoms with E-state index in [1.165, 1.54) is 24.3 Å². The van der Waals surface area contributed by atoms with Crippen LogP contribution in [-0.2, 0) is 17.5 Å². The van der Waals surface area contributed by atoms with E-state index in [0.717, 1.165) is 17.7 Å². The van der Waals surface area contributed by atoms with Crippen molar-refractivity contribution in [2.24, 2.45) is 5.73 Å². The van der Waals surface area contributed by atoms with E-state index in [-0.39, 0.29) is 17.7 Å². The van der Waals surface area contributed by atoms with Gasteiger partial charge in [-0.05, 0) is 68.0 Å².